The fourth-order valence-corrected chi connectivity index (χ4v) is 9.85. The minimum Gasteiger partial charge on any atom is -0.309 e. The maximum atomic E-state index is 5.05. The predicted octanol–water partition coefficient (Wildman–Crippen LogP) is 15.6. The molecule has 5 heteroatoms. The van der Waals surface area contributed by atoms with Crippen LogP contribution < -0.4 is 0 Å². The molecule has 0 radical (unpaired) electrons. The fraction of sp³-hybridized carbons (Fsp3) is 0. The molecule has 13 rings (SSSR count). The van der Waals surface area contributed by atoms with Crippen molar-refractivity contribution in [3.8, 4) is 67.8 Å². The van der Waals surface area contributed by atoms with Crippen molar-refractivity contribution < 1.29 is 0 Å². The molecule has 13 aromatic rings. The molecule has 0 atom stereocenters. The van der Waals surface area contributed by atoms with Crippen molar-refractivity contribution in [3.05, 3.63) is 237 Å². The third-order valence-corrected chi connectivity index (χ3v) is 13.0. The van der Waals surface area contributed by atoms with E-state index in [2.05, 4.69) is 185 Å². The Morgan fingerprint density at radius 2 is 0.727 bits per heavy atom. The Morgan fingerprint density at radius 1 is 0.242 bits per heavy atom. The highest BCUT2D eigenvalue weighted by molar-refractivity contribution is 6.12. The van der Waals surface area contributed by atoms with Gasteiger partial charge < -0.3 is 9.13 Å². The highest BCUT2D eigenvalue weighted by Crippen LogP contribution is 2.39. The van der Waals surface area contributed by atoms with Gasteiger partial charge in [0.2, 0.25) is 0 Å². The van der Waals surface area contributed by atoms with E-state index in [-0.39, 0.29) is 0 Å². The lowest BCUT2D eigenvalue weighted by atomic mass is 9.98. The highest BCUT2D eigenvalue weighted by Gasteiger charge is 2.18. The number of aromatic nitrogens is 5. The molecule has 10 aromatic carbocycles. The van der Waals surface area contributed by atoms with Crippen LogP contribution in [0.5, 0.6) is 0 Å². The summed E-state index contributed by atoms with van der Waals surface area (Å²) in [5.41, 5.74) is 14.4. The van der Waals surface area contributed by atoms with Gasteiger partial charge in [0, 0.05) is 49.6 Å². The first-order valence-corrected chi connectivity index (χ1v) is 22.3. The van der Waals surface area contributed by atoms with Crippen LogP contribution in [0.1, 0.15) is 0 Å². The van der Waals surface area contributed by atoms with E-state index >= 15 is 0 Å². The molecule has 0 saturated carbocycles. The van der Waals surface area contributed by atoms with E-state index in [1.807, 2.05) is 60.7 Å². The van der Waals surface area contributed by atoms with Gasteiger partial charge in [0.1, 0.15) is 0 Å². The van der Waals surface area contributed by atoms with Crippen LogP contribution in [0, 0.1) is 0 Å². The van der Waals surface area contributed by atoms with Gasteiger partial charge in [-0.1, -0.05) is 182 Å². The smallest absolute Gasteiger partial charge is 0.164 e. The highest BCUT2D eigenvalue weighted by atomic mass is 15.0. The van der Waals surface area contributed by atoms with Crippen molar-refractivity contribution in [1.82, 2.24) is 24.1 Å². The van der Waals surface area contributed by atoms with Crippen LogP contribution in [0.25, 0.3) is 122 Å². The second-order valence-corrected chi connectivity index (χ2v) is 16.8. The summed E-state index contributed by atoms with van der Waals surface area (Å²) in [5.74, 6) is 1.91. The van der Waals surface area contributed by atoms with Gasteiger partial charge >= 0.3 is 0 Å². The Kier molecular flexibility index (Phi) is 8.78. The number of rotatable bonds is 7. The Hall–Kier alpha value is -8.93. The minimum absolute atomic E-state index is 0.626. The average molecular weight is 842 g/mol. The zero-order valence-electron chi connectivity index (χ0n) is 35.8. The summed E-state index contributed by atoms with van der Waals surface area (Å²) >= 11 is 0. The van der Waals surface area contributed by atoms with Gasteiger partial charge in [-0.2, -0.15) is 0 Å². The first-order chi connectivity index (χ1) is 32.7. The fourth-order valence-electron chi connectivity index (χ4n) is 9.85. The molecule has 0 amide bonds. The van der Waals surface area contributed by atoms with Crippen molar-refractivity contribution >= 4 is 54.4 Å². The van der Waals surface area contributed by atoms with E-state index in [0.29, 0.717) is 17.5 Å². The molecule has 0 spiro atoms. The lowest BCUT2D eigenvalue weighted by Crippen LogP contribution is -2.01. The zero-order valence-corrected chi connectivity index (χ0v) is 35.8. The first-order valence-electron chi connectivity index (χ1n) is 22.3. The third kappa shape index (κ3) is 6.28. The van der Waals surface area contributed by atoms with Crippen molar-refractivity contribution in [2.45, 2.75) is 0 Å². The molecule has 0 aliphatic carbocycles. The summed E-state index contributed by atoms with van der Waals surface area (Å²) in [6.45, 7) is 0. The van der Waals surface area contributed by atoms with Gasteiger partial charge in [-0.05, 0) is 87.6 Å². The van der Waals surface area contributed by atoms with E-state index in [1.165, 1.54) is 54.5 Å². The van der Waals surface area contributed by atoms with Gasteiger partial charge in [0.25, 0.3) is 0 Å². The molecular formula is C61H39N5. The van der Waals surface area contributed by atoms with Crippen molar-refractivity contribution in [2.75, 3.05) is 0 Å². The predicted molar refractivity (Wildman–Crippen MR) is 273 cm³/mol. The van der Waals surface area contributed by atoms with Crippen molar-refractivity contribution in [3.63, 3.8) is 0 Å². The number of nitrogens with zero attached hydrogens (tertiary/aromatic N) is 5. The third-order valence-electron chi connectivity index (χ3n) is 13.0. The van der Waals surface area contributed by atoms with Crippen LogP contribution in [0.2, 0.25) is 0 Å². The Bertz CT molecular complexity index is 3920. The second-order valence-electron chi connectivity index (χ2n) is 16.8. The minimum atomic E-state index is 0.626. The number of hydrogen-bond acceptors (Lipinski definition) is 3. The van der Waals surface area contributed by atoms with Gasteiger partial charge in [-0.15, -0.1) is 0 Å². The van der Waals surface area contributed by atoms with Crippen molar-refractivity contribution in [2.24, 2.45) is 0 Å². The number of hydrogen-bond donors (Lipinski definition) is 0. The van der Waals surface area contributed by atoms with E-state index in [1.54, 1.807) is 0 Å². The van der Waals surface area contributed by atoms with Crippen LogP contribution >= 0.6 is 0 Å². The number of fused-ring (bicyclic) bond motifs is 7. The SMILES string of the molecule is c1ccc(-c2nc(-c3ccccc3)nc(-c3cccc(-n4c5ccccc5c5cc(-c6ccc7c8ccccc8n(-c8ccc(-c9cccc%10ccccc9%10)cc8)c7c6)ccc54)c3)n2)cc1. The van der Waals surface area contributed by atoms with Gasteiger partial charge in [0.05, 0.1) is 22.1 Å². The molecule has 3 heterocycles. The molecule has 0 aliphatic heterocycles. The van der Waals surface area contributed by atoms with Gasteiger partial charge in [0.15, 0.2) is 17.5 Å². The molecular weight excluding hydrogens is 803 g/mol. The maximum Gasteiger partial charge on any atom is 0.164 e. The summed E-state index contributed by atoms with van der Waals surface area (Å²) in [7, 11) is 0. The second kappa shape index (κ2) is 15.4. The molecule has 0 unspecified atom stereocenters. The number of para-hydroxylation sites is 2. The molecule has 0 fully saturated rings. The topological polar surface area (TPSA) is 48.5 Å². The lowest BCUT2D eigenvalue weighted by Gasteiger charge is -2.12. The lowest BCUT2D eigenvalue weighted by molar-refractivity contribution is 1.07. The molecule has 66 heavy (non-hydrogen) atoms. The number of benzene rings is 10. The van der Waals surface area contributed by atoms with Crippen LogP contribution in [0.4, 0.5) is 0 Å². The molecule has 0 saturated heterocycles. The monoisotopic (exact) mass is 841 g/mol. The van der Waals surface area contributed by atoms with E-state index in [0.717, 1.165) is 50.2 Å². The molecule has 3 aromatic heterocycles. The first kappa shape index (κ1) is 37.6. The largest absolute Gasteiger partial charge is 0.309 e. The molecule has 0 aliphatic rings. The zero-order chi connectivity index (χ0) is 43.6. The van der Waals surface area contributed by atoms with Gasteiger partial charge in [-0.25, -0.2) is 15.0 Å². The molecule has 308 valence electrons. The van der Waals surface area contributed by atoms with E-state index in [4.69, 9.17) is 15.0 Å². The maximum absolute atomic E-state index is 5.05. The summed E-state index contributed by atoms with van der Waals surface area (Å²) in [6.07, 6.45) is 0. The normalized spacial score (nSPS) is 11.6. The molecule has 5 nitrogen and oxygen atoms in total. The summed E-state index contributed by atoms with van der Waals surface area (Å²) < 4.78 is 4.77. The van der Waals surface area contributed by atoms with Crippen LogP contribution in [-0.2, 0) is 0 Å². The quantitative estimate of drug-likeness (QED) is 0.161. The summed E-state index contributed by atoms with van der Waals surface area (Å²) in [4.78, 5) is 15.0. The summed E-state index contributed by atoms with van der Waals surface area (Å²) in [5, 5.41) is 7.36. The van der Waals surface area contributed by atoms with Crippen LogP contribution in [0.15, 0.2) is 237 Å². The Labute approximate surface area is 381 Å². The van der Waals surface area contributed by atoms with Crippen molar-refractivity contribution in [1.29, 1.82) is 0 Å². The molecule has 0 N–H and O–H groups in total. The average Bonchev–Trinajstić information content (AvgIpc) is 3.91. The Morgan fingerprint density at radius 3 is 1.44 bits per heavy atom. The van der Waals surface area contributed by atoms with Gasteiger partial charge in [-0.3, -0.25) is 0 Å². The standard InChI is InChI=1S/C61H39N5/c1-3-16-42(17-4-1)59-62-60(43-18-5-2-6-19-43)64-61(63-59)46-21-13-22-48(37-46)66-56-28-12-10-25-52(56)54-38-44(32-36-57(54)66)45-31-35-53-51-24-9-11-27-55(51)65(58(53)39-45)47-33-29-41(30-34-47)50-26-14-20-40-15-7-8-23-49(40)50/h1-39H. The van der Waals surface area contributed by atoms with Crippen LogP contribution in [0.3, 0.4) is 0 Å². The molecule has 0 bridgehead atoms. The van der Waals surface area contributed by atoms with E-state index < -0.39 is 0 Å². The van der Waals surface area contributed by atoms with E-state index in [9.17, 15) is 0 Å². The Balaban J connectivity index is 0.917. The summed E-state index contributed by atoms with van der Waals surface area (Å²) in [6, 6.07) is 84.2. The van der Waals surface area contributed by atoms with Crippen LogP contribution in [-0.4, -0.2) is 24.1 Å².